The van der Waals surface area contributed by atoms with Crippen LogP contribution in [0.5, 0.6) is 0 Å². The number of benzene rings is 1. The second kappa shape index (κ2) is 6.98. The van der Waals surface area contributed by atoms with Gasteiger partial charge in [-0.25, -0.2) is 8.42 Å². The number of primary amides is 1. The Kier molecular flexibility index (Phi) is 4.76. The molecule has 7 nitrogen and oxygen atoms in total. The van der Waals surface area contributed by atoms with Gasteiger partial charge >= 0.3 is 0 Å². The highest BCUT2D eigenvalue weighted by atomic mass is 32.2. The van der Waals surface area contributed by atoms with E-state index in [9.17, 15) is 18.0 Å². The molecular weight excluding hydrogens is 398 g/mol. The molecule has 1 atom stereocenters. The fraction of sp³-hybridized carbons (Fsp3) is 0.368. The normalized spacial score (nSPS) is 19.1. The van der Waals surface area contributed by atoms with Gasteiger partial charge in [0.05, 0.1) is 11.8 Å². The molecule has 0 saturated heterocycles. The van der Waals surface area contributed by atoms with Crippen molar-refractivity contribution < 1.29 is 18.0 Å². The van der Waals surface area contributed by atoms with Crippen LogP contribution in [0.3, 0.4) is 0 Å². The van der Waals surface area contributed by atoms with E-state index >= 15 is 0 Å². The molecule has 0 spiro atoms. The number of nitrogens with one attached hydrogen (secondary N) is 1. The lowest BCUT2D eigenvalue weighted by molar-refractivity contribution is -0.120. The number of fused-ring (bicyclic) bond motifs is 2. The Morgan fingerprint density at radius 3 is 2.61 bits per heavy atom. The molecule has 0 bridgehead atoms. The summed E-state index contributed by atoms with van der Waals surface area (Å²) in [6.45, 7) is 0.150. The summed E-state index contributed by atoms with van der Waals surface area (Å²) in [5.41, 5.74) is 8.69. The Morgan fingerprint density at radius 1 is 1.21 bits per heavy atom. The third kappa shape index (κ3) is 3.34. The molecule has 2 aromatic rings. The van der Waals surface area contributed by atoms with Crippen LogP contribution in [0.2, 0.25) is 0 Å². The molecule has 0 radical (unpaired) electrons. The monoisotopic (exact) mass is 419 g/mol. The summed E-state index contributed by atoms with van der Waals surface area (Å²) in [7, 11) is -3.59. The highest BCUT2D eigenvalue weighted by molar-refractivity contribution is 7.88. The van der Waals surface area contributed by atoms with Crippen LogP contribution in [-0.2, 0) is 40.6 Å². The first-order chi connectivity index (χ1) is 13.3. The fourth-order valence-electron chi connectivity index (χ4n) is 4.02. The molecule has 28 heavy (non-hydrogen) atoms. The van der Waals surface area contributed by atoms with E-state index in [1.54, 1.807) is 0 Å². The molecule has 1 aromatic heterocycles. The highest BCUT2D eigenvalue weighted by Gasteiger charge is 2.37. The van der Waals surface area contributed by atoms with Crippen molar-refractivity contribution >= 4 is 38.2 Å². The number of carbonyl (C=O) groups excluding carboxylic acids is 2. The first-order valence-electron chi connectivity index (χ1n) is 9.04. The minimum Gasteiger partial charge on any atom is -0.365 e. The molecule has 0 unspecified atom stereocenters. The van der Waals surface area contributed by atoms with Crippen molar-refractivity contribution in [1.29, 1.82) is 0 Å². The molecule has 4 rings (SSSR count). The average molecular weight is 420 g/mol. The van der Waals surface area contributed by atoms with Gasteiger partial charge in [-0.2, -0.15) is 4.31 Å². The van der Waals surface area contributed by atoms with Gasteiger partial charge in [0.1, 0.15) is 11.0 Å². The minimum atomic E-state index is -3.59. The molecule has 2 amide bonds. The topological polar surface area (TPSA) is 110 Å². The molecular formula is C19H21N3O4S2. The maximum Gasteiger partial charge on any atom is 0.251 e. The van der Waals surface area contributed by atoms with Gasteiger partial charge in [-0.05, 0) is 42.4 Å². The van der Waals surface area contributed by atoms with Gasteiger partial charge in [0.15, 0.2) is 0 Å². The molecule has 1 aromatic carbocycles. The van der Waals surface area contributed by atoms with Gasteiger partial charge in [-0.1, -0.05) is 24.3 Å². The number of nitrogens with two attached hydrogens (primary N) is 1. The molecule has 148 valence electrons. The molecule has 0 saturated carbocycles. The highest BCUT2D eigenvalue weighted by Crippen LogP contribution is 2.39. The standard InChI is InChI=1S/C19H21N3O4S2/c1-28(25,26)22-10-12-6-3-2-5-11(12)9-14(22)18(24)21-19-16(17(20)23)13-7-4-8-15(13)27-19/h2-3,5-6,14H,4,7-10H2,1H3,(H2,20,23)(H,21,24)/t14-/m1/s1. The van der Waals surface area contributed by atoms with Crippen molar-refractivity contribution in [2.24, 2.45) is 5.73 Å². The van der Waals surface area contributed by atoms with Crippen LogP contribution < -0.4 is 11.1 Å². The number of amides is 2. The Balaban J connectivity index is 1.67. The van der Waals surface area contributed by atoms with E-state index in [0.29, 0.717) is 10.6 Å². The van der Waals surface area contributed by atoms with E-state index in [1.807, 2.05) is 24.3 Å². The van der Waals surface area contributed by atoms with Crippen molar-refractivity contribution in [3.63, 3.8) is 0 Å². The van der Waals surface area contributed by atoms with Gasteiger partial charge < -0.3 is 11.1 Å². The number of sulfonamides is 1. The maximum atomic E-state index is 13.1. The number of anilines is 1. The second-order valence-electron chi connectivity index (χ2n) is 7.21. The third-order valence-electron chi connectivity index (χ3n) is 5.34. The van der Waals surface area contributed by atoms with Crippen LogP contribution in [-0.4, -0.2) is 36.8 Å². The molecule has 0 fully saturated rings. The maximum absolute atomic E-state index is 13.1. The summed E-state index contributed by atoms with van der Waals surface area (Å²) in [6, 6.07) is 6.63. The lowest BCUT2D eigenvalue weighted by atomic mass is 9.95. The zero-order valence-electron chi connectivity index (χ0n) is 15.4. The van der Waals surface area contributed by atoms with E-state index in [2.05, 4.69) is 5.32 Å². The number of carbonyl (C=O) groups is 2. The summed E-state index contributed by atoms with van der Waals surface area (Å²) in [6.07, 6.45) is 3.99. The summed E-state index contributed by atoms with van der Waals surface area (Å²) in [5, 5.41) is 3.22. The number of hydrogen-bond acceptors (Lipinski definition) is 5. The fourth-order valence-corrected chi connectivity index (χ4v) is 6.32. The predicted molar refractivity (Wildman–Crippen MR) is 108 cm³/mol. The summed E-state index contributed by atoms with van der Waals surface area (Å²) < 4.78 is 25.9. The van der Waals surface area contributed by atoms with Gasteiger partial charge in [-0.3, -0.25) is 9.59 Å². The number of hydrogen-bond donors (Lipinski definition) is 2. The quantitative estimate of drug-likeness (QED) is 0.785. The second-order valence-corrected chi connectivity index (χ2v) is 10.3. The first-order valence-corrected chi connectivity index (χ1v) is 11.7. The van der Waals surface area contributed by atoms with Crippen LogP contribution in [0, 0.1) is 0 Å². The SMILES string of the molecule is CS(=O)(=O)N1Cc2ccccc2C[C@@H]1C(=O)Nc1sc2c(c1C(N)=O)CCC2. The Morgan fingerprint density at radius 2 is 1.93 bits per heavy atom. The molecule has 3 N–H and O–H groups in total. The Labute approximate surface area is 167 Å². The van der Waals surface area contributed by atoms with Crippen molar-refractivity contribution in [2.75, 3.05) is 11.6 Å². The van der Waals surface area contributed by atoms with Crippen molar-refractivity contribution in [2.45, 2.75) is 38.3 Å². The molecule has 1 aliphatic heterocycles. The summed E-state index contributed by atoms with van der Waals surface area (Å²) in [4.78, 5) is 26.1. The van der Waals surface area contributed by atoms with Crippen molar-refractivity contribution in [3.05, 3.63) is 51.4 Å². The van der Waals surface area contributed by atoms with Crippen LogP contribution in [0.25, 0.3) is 0 Å². The zero-order valence-corrected chi connectivity index (χ0v) is 17.0. The largest absolute Gasteiger partial charge is 0.365 e. The average Bonchev–Trinajstić information content (AvgIpc) is 3.20. The van der Waals surface area contributed by atoms with E-state index < -0.39 is 27.9 Å². The predicted octanol–water partition coefficient (Wildman–Crippen LogP) is 1.66. The Bertz CT molecular complexity index is 1070. The zero-order chi connectivity index (χ0) is 20.1. The molecule has 1 aliphatic carbocycles. The van der Waals surface area contributed by atoms with Crippen LogP contribution >= 0.6 is 11.3 Å². The number of rotatable bonds is 4. The van der Waals surface area contributed by atoms with E-state index in [1.165, 1.54) is 15.6 Å². The molecule has 2 aliphatic rings. The van der Waals surface area contributed by atoms with E-state index in [0.717, 1.165) is 47.1 Å². The lowest BCUT2D eigenvalue weighted by Crippen LogP contribution is -2.50. The van der Waals surface area contributed by atoms with Crippen LogP contribution in [0.1, 0.15) is 38.3 Å². The molecule has 2 heterocycles. The van der Waals surface area contributed by atoms with Crippen LogP contribution in [0.15, 0.2) is 24.3 Å². The number of thiophene rings is 1. The van der Waals surface area contributed by atoms with Gasteiger partial charge in [0.25, 0.3) is 5.91 Å². The van der Waals surface area contributed by atoms with E-state index in [-0.39, 0.29) is 13.0 Å². The smallest absolute Gasteiger partial charge is 0.251 e. The van der Waals surface area contributed by atoms with Crippen LogP contribution in [0.4, 0.5) is 5.00 Å². The van der Waals surface area contributed by atoms with Crippen molar-refractivity contribution in [3.8, 4) is 0 Å². The number of aryl methyl sites for hydroxylation is 1. The van der Waals surface area contributed by atoms with Gasteiger partial charge in [-0.15, -0.1) is 11.3 Å². The van der Waals surface area contributed by atoms with Gasteiger partial charge in [0, 0.05) is 11.4 Å². The first kappa shape index (κ1) is 19.1. The Hall–Kier alpha value is -2.23. The summed E-state index contributed by atoms with van der Waals surface area (Å²) >= 11 is 1.36. The lowest BCUT2D eigenvalue weighted by Gasteiger charge is -2.34. The molecule has 9 heteroatoms. The number of nitrogens with zero attached hydrogens (tertiary/aromatic N) is 1. The minimum absolute atomic E-state index is 0.150. The van der Waals surface area contributed by atoms with Gasteiger partial charge in [0.2, 0.25) is 15.9 Å². The van der Waals surface area contributed by atoms with Crippen molar-refractivity contribution in [1.82, 2.24) is 4.31 Å². The van der Waals surface area contributed by atoms with E-state index in [4.69, 9.17) is 5.73 Å². The third-order valence-corrected chi connectivity index (χ3v) is 7.78. The summed E-state index contributed by atoms with van der Waals surface area (Å²) in [5.74, 6) is -1.01.